The van der Waals surface area contributed by atoms with Crippen molar-refractivity contribution in [2.24, 2.45) is 0 Å². The highest BCUT2D eigenvalue weighted by Gasteiger charge is 2.39. The van der Waals surface area contributed by atoms with Gasteiger partial charge in [-0.3, -0.25) is 9.59 Å². The summed E-state index contributed by atoms with van der Waals surface area (Å²) in [6.07, 6.45) is 2.25. The first-order chi connectivity index (χ1) is 12.1. The molecule has 25 heavy (non-hydrogen) atoms. The van der Waals surface area contributed by atoms with E-state index in [0.717, 1.165) is 12.5 Å². The van der Waals surface area contributed by atoms with Crippen molar-refractivity contribution in [3.05, 3.63) is 69.9 Å². The predicted octanol–water partition coefficient (Wildman–Crippen LogP) is 2.31. The van der Waals surface area contributed by atoms with Gasteiger partial charge >= 0.3 is 0 Å². The highest BCUT2D eigenvalue weighted by atomic mass is 19.1. The summed E-state index contributed by atoms with van der Waals surface area (Å²) in [5, 5.41) is 2.91. The van der Waals surface area contributed by atoms with Crippen LogP contribution in [0.3, 0.4) is 0 Å². The van der Waals surface area contributed by atoms with Gasteiger partial charge in [0.2, 0.25) is 0 Å². The maximum atomic E-state index is 13.8. The highest BCUT2D eigenvalue weighted by Crippen LogP contribution is 2.40. The molecule has 0 radical (unpaired) electrons. The summed E-state index contributed by atoms with van der Waals surface area (Å²) in [4.78, 5) is 24.2. The first kappa shape index (κ1) is 17.4. The minimum atomic E-state index is -0.931. The number of benzene rings is 1. The van der Waals surface area contributed by atoms with Crippen LogP contribution in [0, 0.1) is 5.82 Å². The normalized spacial score (nSPS) is 18.8. The van der Waals surface area contributed by atoms with Gasteiger partial charge in [-0.05, 0) is 25.0 Å². The van der Waals surface area contributed by atoms with E-state index in [0.29, 0.717) is 19.1 Å². The first-order valence-electron chi connectivity index (χ1n) is 8.43. The van der Waals surface area contributed by atoms with Crippen LogP contribution in [0.5, 0.6) is 0 Å². The molecule has 1 heterocycles. The number of hydrogen-bond donors (Lipinski definition) is 1. The van der Waals surface area contributed by atoms with Gasteiger partial charge < -0.3 is 14.6 Å². The largest absolute Gasteiger partial charge is 0.380 e. The zero-order valence-corrected chi connectivity index (χ0v) is 14.1. The quantitative estimate of drug-likeness (QED) is 0.784. The number of ether oxygens (including phenoxy) is 1. The predicted molar refractivity (Wildman–Crippen MR) is 92.2 cm³/mol. The van der Waals surface area contributed by atoms with Crippen LogP contribution in [0.25, 0.3) is 0 Å². The van der Waals surface area contributed by atoms with Crippen LogP contribution in [-0.4, -0.2) is 29.7 Å². The maximum Gasteiger partial charge on any atom is 0.286 e. The number of carbonyl (C=O) groups excluding carboxylic acids is 1. The second-order valence-corrected chi connectivity index (χ2v) is 6.11. The van der Waals surface area contributed by atoms with Gasteiger partial charge in [-0.15, -0.1) is 0 Å². The van der Waals surface area contributed by atoms with Gasteiger partial charge in [0.15, 0.2) is 5.82 Å². The van der Waals surface area contributed by atoms with E-state index in [1.807, 2.05) is 37.3 Å². The van der Waals surface area contributed by atoms with Crippen molar-refractivity contribution in [3.8, 4) is 0 Å². The standard InChI is InChI=1S/C19H21FN2O3/c1-2-25-9-8-22-12-14(10-16(20)19(22)24)18(23)21-17-11-15(17)13-6-4-3-5-7-13/h3-7,10,12,15,17H,2,8-9,11H2,1H3,(H,21,23)/t15-,17+/m0/s1. The average molecular weight is 344 g/mol. The summed E-state index contributed by atoms with van der Waals surface area (Å²) < 4.78 is 20.2. The summed E-state index contributed by atoms with van der Waals surface area (Å²) in [5.41, 5.74) is 0.581. The zero-order valence-electron chi connectivity index (χ0n) is 14.1. The van der Waals surface area contributed by atoms with Gasteiger partial charge in [0.05, 0.1) is 12.2 Å². The molecule has 1 fully saturated rings. The molecule has 0 unspecified atom stereocenters. The zero-order chi connectivity index (χ0) is 17.8. The van der Waals surface area contributed by atoms with Crippen LogP contribution in [0.1, 0.15) is 35.2 Å². The van der Waals surface area contributed by atoms with Crippen LogP contribution < -0.4 is 10.9 Å². The lowest BCUT2D eigenvalue weighted by Gasteiger charge is -2.10. The lowest BCUT2D eigenvalue weighted by Crippen LogP contribution is -2.31. The van der Waals surface area contributed by atoms with E-state index in [2.05, 4.69) is 5.32 Å². The van der Waals surface area contributed by atoms with Gasteiger partial charge in [0.1, 0.15) is 0 Å². The van der Waals surface area contributed by atoms with E-state index < -0.39 is 11.4 Å². The molecule has 1 aliphatic rings. The number of rotatable bonds is 7. The fourth-order valence-electron chi connectivity index (χ4n) is 2.87. The Bertz CT molecular complexity index is 804. The van der Waals surface area contributed by atoms with Crippen LogP contribution in [-0.2, 0) is 11.3 Å². The van der Waals surface area contributed by atoms with E-state index in [4.69, 9.17) is 4.74 Å². The van der Waals surface area contributed by atoms with Crippen LogP contribution >= 0.6 is 0 Å². The van der Waals surface area contributed by atoms with Gasteiger partial charge in [-0.1, -0.05) is 30.3 Å². The molecule has 0 aliphatic heterocycles. The number of aromatic nitrogens is 1. The molecule has 2 atom stereocenters. The van der Waals surface area contributed by atoms with Gasteiger partial charge in [0, 0.05) is 31.3 Å². The molecule has 1 aromatic carbocycles. The SMILES string of the molecule is CCOCCn1cc(C(=O)N[C@@H]2C[C@H]2c2ccccc2)cc(F)c1=O. The minimum absolute atomic E-state index is 0.0433. The monoisotopic (exact) mass is 344 g/mol. The molecule has 1 saturated carbocycles. The third-order valence-corrected chi connectivity index (χ3v) is 4.32. The third kappa shape index (κ3) is 4.14. The molecule has 0 saturated heterocycles. The smallest absolute Gasteiger partial charge is 0.286 e. The fraction of sp³-hybridized carbons (Fsp3) is 0.368. The van der Waals surface area contributed by atoms with Crippen molar-refractivity contribution in [2.75, 3.05) is 13.2 Å². The molecule has 0 bridgehead atoms. The highest BCUT2D eigenvalue weighted by molar-refractivity contribution is 5.94. The van der Waals surface area contributed by atoms with Gasteiger partial charge in [-0.2, -0.15) is 0 Å². The second-order valence-electron chi connectivity index (χ2n) is 6.11. The molecule has 5 nitrogen and oxygen atoms in total. The summed E-state index contributed by atoms with van der Waals surface area (Å²) in [6.45, 7) is 2.85. The average Bonchev–Trinajstić information content (AvgIpc) is 3.38. The van der Waals surface area contributed by atoms with E-state index >= 15 is 0 Å². The van der Waals surface area contributed by atoms with Crippen molar-refractivity contribution in [3.63, 3.8) is 0 Å². The van der Waals surface area contributed by atoms with Crippen molar-refractivity contribution >= 4 is 5.91 Å². The molecule has 1 aliphatic carbocycles. The number of pyridine rings is 1. The Morgan fingerprint density at radius 2 is 2.12 bits per heavy atom. The molecule has 6 heteroatoms. The first-order valence-corrected chi connectivity index (χ1v) is 8.43. The van der Waals surface area contributed by atoms with Crippen molar-refractivity contribution < 1.29 is 13.9 Å². The maximum absolute atomic E-state index is 13.8. The Morgan fingerprint density at radius 3 is 2.84 bits per heavy atom. The molecular formula is C19H21FN2O3. The number of halogens is 1. The summed E-state index contributed by atoms with van der Waals surface area (Å²) in [7, 11) is 0. The van der Waals surface area contributed by atoms with Crippen LogP contribution in [0.2, 0.25) is 0 Å². The topological polar surface area (TPSA) is 60.3 Å². The van der Waals surface area contributed by atoms with Crippen molar-refractivity contribution in [1.82, 2.24) is 9.88 Å². The van der Waals surface area contributed by atoms with E-state index in [9.17, 15) is 14.0 Å². The van der Waals surface area contributed by atoms with Gasteiger partial charge in [0.25, 0.3) is 11.5 Å². The van der Waals surface area contributed by atoms with Gasteiger partial charge in [-0.25, -0.2) is 4.39 Å². The summed E-state index contributed by atoms with van der Waals surface area (Å²) in [5.74, 6) is -1.01. The van der Waals surface area contributed by atoms with E-state index in [-0.39, 0.29) is 24.1 Å². The van der Waals surface area contributed by atoms with Crippen molar-refractivity contribution in [2.45, 2.75) is 31.8 Å². The van der Waals surface area contributed by atoms with Crippen LogP contribution in [0.15, 0.2) is 47.4 Å². The lowest BCUT2D eigenvalue weighted by molar-refractivity contribution is 0.0948. The Labute approximate surface area is 145 Å². The summed E-state index contributed by atoms with van der Waals surface area (Å²) >= 11 is 0. The molecule has 1 aromatic heterocycles. The number of carbonyl (C=O) groups is 1. The number of nitrogens with zero attached hydrogens (tertiary/aromatic N) is 1. The fourth-order valence-corrected chi connectivity index (χ4v) is 2.87. The molecule has 1 N–H and O–H groups in total. The Hall–Kier alpha value is -2.47. The second kappa shape index (κ2) is 7.61. The Kier molecular flexibility index (Phi) is 5.28. The van der Waals surface area contributed by atoms with E-state index in [1.165, 1.54) is 16.3 Å². The molecule has 132 valence electrons. The summed E-state index contributed by atoms with van der Waals surface area (Å²) in [6, 6.07) is 11.0. The number of amides is 1. The van der Waals surface area contributed by atoms with E-state index in [1.54, 1.807) is 0 Å². The minimum Gasteiger partial charge on any atom is -0.380 e. The molecule has 0 spiro atoms. The molecular weight excluding hydrogens is 323 g/mol. The lowest BCUT2D eigenvalue weighted by atomic mass is 10.1. The molecule has 2 aromatic rings. The third-order valence-electron chi connectivity index (χ3n) is 4.32. The molecule has 3 rings (SSSR count). The van der Waals surface area contributed by atoms with Crippen molar-refractivity contribution in [1.29, 1.82) is 0 Å². The van der Waals surface area contributed by atoms with Crippen LogP contribution in [0.4, 0.5) is 4.39 Å². The Morgan fingerprint density at radius 1 is 1.36 bits per heavy atom. The number of nitrogens with one attached hydrogen (secondary N) is 1. The number of hydrogen-bond acceptors (Lipinski definition) is 3. The molecule has 1 amide bonds. The Balaban J connectivity index is 1.67.